The molecule has 1 heterocycles. The van der Waals surface area contributed by atoms with Gasteiger partial charge >= 0.3 is 0 Å². The van der Waals surface area contributed by atoms with E-state index in [4.69, 9.17) is 0 Å². The average molecular weight is 347 g/mol. The zero-order chi connectivity index (χ0) is 18.4. The van der Waals surface area contributed by atoms with Crippen molar-refractivity contribution in [3.05, 3.63) is 33.7 Å². The Hall–Kier alpha value is -1.75. The van der Waals surface area contributed by atoms with Crippen LogP contribution in [0.15, 0.2) is 17.0 Å². The molecule has 24 heavy (non-hydrogen) atoms. The van der Waals surface area contributed by atoms with Gasteiger partial charge in [0.1, 0.15) is 5.75 Å². The second-order valence-electron chi connectivity index (χ2n) is 8.22. The van der Waals surface area contributed by atoms with Crippen molar-refractivity contribution in [2.45, 2.75) is 59.3 Å². The van der Waals surface area contributed by atoms with E-state index in [0.717, 1.165) is 34.0 Å². The summed E-state index contributed by atoms with van der Waals surface area (Å²) in [7, 11) is 0. The molecule has 2 rings (SSSR count). The molecule has 1 aromatic rings. The van der Waals surface area contributed by atoms with Gasteiger partial charge in [-0.2, -0.15) is 0 Å². The Morgan fingerprint density at radius 3 is 1.79 bits per heavy atom. The first kappa shape index (κ1) is 18.6. The first-order valence-corrected chi connectivity index (χ1v) is 8.76. The maximum absolute atomic E-state index is 12.0. The van der Waals surface area contributed by atoms with Gasteiger partial charge in [-0.05, 0) is 52.8 Å². The van der Waals surface area contributed by atoms with E-state index in [1.807, 2.05) is 60.6 Å². The second kappa shape index (κ2) is 5.96. The summed E-state index contributed by atoms with van der Waals surface area (Å²) in [6.45, 7) is 14.1. The third-order valence-corrected chi connectivity index (χ3v) is 5.10. The topological polar surface area (TPSA) is 66.4 Å². The zero-order valence-electron chi connectivity index (χ0n) is 15.3. The van der Waals surface area contributed by atoms with Gasteiger partial charge < -0.3 is 5.11 Å². The first-order chi connectivity index (χ1) is 10.8. The fourth-order valence-electron chi connectivity index (χ4n) is 2.69. The summed E-state index contributed by atoms with van der Waals surface area (Å²) in [5.41, 5.74) is 2.78. The molecule has 0 aliphatic carbocycles. The molecule has 1 aliphatic heterocycles. The normalized spacial score (nSPS) is 18.0. The smallest absolute Gasteiger partial charge is 0.290 e. The summed E-state index contributed by atoms with van der Waals surface area (Å²) in [5.74, 6) is -0.0543. The van der Waals surface area contributed by atoms with Crippen LogP contribution in [0.2, 0.25) is 0 Å². The molecule has 4 nitrogen and oxygen atoms in total. The summed E-state index contributed by atoms with van der Waals surface area (Å²) >= 11 is 0.925. The van der Waals surface area contributed by atoms with Crippen LogP contribution in [0, 0.1) is 0 Å². The number of phenols is 1. The predicted octanol–water partition coefficient (Wildman–Crippen LogP) is 4.70. The quantitative estimate of drug-likeness (QED) is 0.723. The molecule has 0 unspecified atom stereocenters. The molecular formula is C19H25NO3S. The highest BCUT2D eigenvalue weighted by molar-refractivity contribution is 8.18. The minimum atomic E-state index is -0.356. The summed E-state index contributed by atoms with van der Waals surface area (Å²) < 4.78 is 0. The molecule has 0 saturated carbocycles. The van der Waals surface area contributed by atoms with Gasteiger partial charge in [0.25, 0.3) is 11.1 Å². The van der Waals surface area contributed by atoms with E-state index in [-0.39, 0.29) is 22.0 Å². The lowest BCUT2D eigenvalue weighted by molar-refractivity contribution is -0.115. The molecule has 2 N–H and O–H groups in total. The molecule has 2 amide bonds. The van der Waals surface area contributed by atoms with Crippen molar-refractivity contribution in [1.29, 1.82) is 0 Å². The van der Waals surface area contributed by atoms with Gasteiger partial charge in [-0.1, -0.05) is 41.5 Å². The zero-order valence-corrected chi connectivity index (χ0v) is 16.1. The van der Waals surface area contributed by atoms with Crippen LogP contribution in [0.4, 0.5) is 4.79 Å². The molecule has 0 spiro atoms. The van der Waals surface area contributed by atoms with Gasteiger partial charge in [-0.3, -0.25) is 14.9 Å². The summed E-state index contributed by atoms with van der Waals surface area (Å²) in [4.78, 5) is 23.9. The third kappa shape index (κ3) is 3.51. The Balaban J connectivity index is 2.74. The Kier molecular flexibility index (Phi) is 4.61. The Morgan fingerprint density at radius 1 is 1.00 bits per heavy atom. The Morgan fingerprint density at radius 2 is 1.46 bits per heavy atom. The summed E-state index contributed by atoms with van der Waals surface area (Å²) in [5, 5.41) is 12.7. The lowest BCUT2D eigenvalue weighted by atomic mass is 9.78. The number of imide groups is 1. The second-order valence-corrected chi connectivity index (χ2v) is 9.20. The SMILES string of the molecule is C/C(=C1\SC(=O)NC1=O)c1cc(C(C)(C)C)c(O)c(C(C)(C)C)c1. The molecule has 1 aromatic carbocycles. The molecule has 130 valence electrons. The van der Waals surface area contributed by atoms with Crippen LogP contribution in [0.25, 0.3) is 5.57 Å². The fraction of sp³-hybridized carbons (Fsp3) is 0.474. The number of hydrogen-bond donors (Lipinski definition) is 2. The van der Waals surface area contributed by atoms with E-state index < -0.39 is 0 Å². The number of benzene rings is 1. The van der Waals surface area contributed by atoms with Crippen molar-refractivity contribution in [1.82, 2.24) is 5.32 Å². The van der Waals surface area contributed by atoms with Crippen molar-refractivity contribution in [2.75, 3.05) is 0 Å². The minimum Gasteiger partial charge on any atom is -0.507 e. The highest BCUT2D eigenvalue weighted by Crippen LogP contribution is 2.42. The number of carbonyl (C=O) groups is 2. The monoisotopic (exact) mass is 347 g/mol. The van der Waals surface area contributed by atoms with E-state index in [2.05, 4.69) is 5.32 Å². The van der Waals surface area contributed by atoms with Gasteiger partial charge in [-0.25, -0.2) is 0 Å². The van der Waals surface area contributed by atoms with Crippen molar-refractivity contribution in [3.63, 3.8) is 0 Å². The summed E-state index contributed by atoms with van der Waals surface area (Å²) in [6.07, 6.45) is 0. The van der Waals surface area contributed by atoms with Crippen LogP contribution in [-0.4, -0.2) is 16.3 Å². The molecule has 1 aliphatic rings. The number of allylic oxidation sites excluding steroid dienone is 1. The number of hydrogen-bond acceptors (Lipinski definition) is 4. The average Bonchev–Trinajstić information content (AvgIpc) is 2.74. The van der Waals surface area contributed by atoms with Gasteiger partial charge in [0, 0.05) is 11.1 Å². The molecular weight excluding hydrogens is 322 g/mol. The van der Waals surface area contributed by atoms with E-state index in [0.29, 0.717) is 10.7 Å². The largest absolute Gasteiger partial charge is 0.507 e. The first-order valence-electron chi connectivity index (χ1n) is 7.94. The van der Waals surface area contributed by atoms with Crippen LogP contribution >= 0.6 is 11.8 Å². The number of thioether (sulfide) groups is 1. The van der Waals surface area contributed by atoms with Gasteiger partial charge in [0.15, 0.2) is 0 Å². The third-order valence-electron chi connectivity index (χ3n) is 4.12. The molecule has 5 heteroatoms. The van der Waals surface area contributed by atoms with Crippen molar-refractivity contribution in [2.24, 2.45) is 0 Å². The molecule has 1 fully saturated rings. The minimum absolute atomic E-state index is 0.244. The number of aromatic hydroxyl groups is 1. The lowest BCUT2D eigenvalue weighted by Gasteiger charge is -2.28. The molecule has 0 radical (unpaired) electrons. The lowest BCUT2D eigenvalue weighted by Crippen LogP contribution is -2.19. The number of phenolic OH excluding ortho intramolecular Hbond substituents is 1. The van der Waals surface area contributed by atoms with Crippen LogP contribution in [-0.2, 0) is 15.6 Å². The Labute approximate surface area is 147 Å². The van der Waals surface area contributed by atoms with Crippen molar-refractivity contribution >= 4 is 28.5 Å². The van der Waals surface area contributed by atoms with Crippen molar-refractivity contribution < 1.29 is 14.7 Å². The van der Waals surface area contributed by atoms with E-state index in [1.165, 1.54) is 0 Å². The molecule has 0 aromatic heterocycles. The maximum Gasteiger partial charge on any atom is 0.290 e. The molecule has 1 saturated heterocycles. The van der Waals surface area contributed by atoms with Crippen molar-refractivity contribution in [3.8, 4) is 5.75 Å². The summed E-state index contributed by atoms with van der Waals surface area (Å²) in [6, 6.07) is 3.84. The van der Waals surface area contributed by atoms with Gasteiger partial charge in [-0.15, -0.1) is 0 Å². The number of rotatable bonds is 1. The van der Waals surface area contributed by atoms with E-state index in [1.54, 1.807) is 0 Å². The Bertz CT molecular complexity index is 714. The van der Waals surface area contributed by atoms with Crippen LogP contribution in [0.1, 0.15) is 65.2 Å². The van der Waals surface area contributed by atoms with Gasteiger partial charge in [0.05, 0.1) is 4.91 Å². The van der Waals surface area contributed by atoms with Crippen LogP contribution < -0.4 is 5.32 Å². The molecule has 0 atom stereocenters. The van der Waals surface area contributed by atoms with Crippen LogP contribution in [0.5, 0.6) is 5.75 Å². The highest BCUT2D eigenvalue weighted by Gasteiger charge is 2.30. The number of amides is 2. The highest BCUT2D eigenvalue weighted by atomic mass is 32.2. The standard InChI is InChI=1S/C19H25NO3S/c1-10(15-16(22)20-17(23)24-15)11-8-12(18(2,3)4)14(21)13(9-11)19(5,6)7/h8-9,21H,1-7H3,(H,20,22,23)/b15-10+. The fourth-order valence-corrected chi connectivity index (χ4v) is 3.43. The van der Waals surface area contributed by atoms with Gasteiger partial charge in [0.2, 0.25) is 0 Å². The number of nitrogens with one attached hydrogen (secondary N) is 1. The van der Waals surface area contributed by atoms with Crippen LogP contribution in [0.3, 0.4) is 0 Å². The molecule has 0 bridgehead atoms. The number of carbonyl (C=O) groups excluding carboxylic acids is 2. The maximum atomic E-state index is 12.0. The van der Waals surface area contributed by atoms with E-state index in [9.17, 15) is 14.7 Å². The van der Waals surface area contributed by atoms with E-state index >= 15 is 0 Å². The predicted molar refractivity (Wildman–Crippen MR) is 99.2 cm³/mol.